The van der Waals surface area contributed by atoms with E-state index in [1.54, 1.807) is 6.08 Å². The molecule has 0 spiro atoms. The van der Waals surface area contributed by atoms with E-state index >= 15 is 0 Å². The first kappa shape index (κ1) is 57.7. The van der Waals surface area contributed by atoms with Crippen LogP contribution in [0, 0.1) is 0 Å². The van der Waals surface area contributed by atoms with Crippen LogP contribution in [0.5, 0.6) is 0 Å². The summed E-state index contributed by atoms with van der Waals surface area (Å²) in [7, 11) is 1.55. The fourth-order valence-electron chi connectivity index (χ4n) is 7.11. The van der Waals surface area contributed by atoms with Gasteiger partial charge in [0.25, 0.3) is 0 Å². The summed E-state index contributed by atoms with van der Waals surface area (Å²) in [4.78, 5) is 23.2. The van der Waals surface area contributed by atoms with Crippen LogP contribution in [0.1, 0.15) is 226 Å². The number of carbonyl (C=O) groups is 1. The second-order valence-corrected chi connectivity index (χ2v) is 19.6. The number of phosphoric ester groups is 1. The van der Waals surface area contributed by atoms with Crippen LogP contribution in [-0.4, -0.2) is 73.4 Å². The number of likely N-dealkylation sites (N-methyl/N-ethyl adjacent to an activating group) is 1. The molecule has 0 bridgehead atoms. The number of allylic oxidation sites excluding steroid dienone is 5. The second kappa shape index (κ2) is 42.0. The van der Waals surface area contributed by atoms with Crippen LogP contribution in [0.4, 0.5) is 0 Å². The number of unbranched alkanes of at least 4 members (excludes halogenated alkanes) is 28. The average molecular weight is 854 g/mol. The first-order chi connectivity index (χ1) is 28.5. The van der Waals surface area contributed by atoms with Crippen LogP contribution >= 0.6 is 7.82 Å². The van der Waals surface area contributed by atoms with Crippen LogP contribution in [0.15, 0.2) is 36.5 Å². The van der Waals surface area contributed by atoms with Gasteiger partial charge in [-0.25, -0.2) is 4.57 Å². The lowest BCUT2D eigenvalue weighted by Crippen LogP contribution is -2.45. The molecule has 0 aromatic carbocycles. The molecule has 0 aromatic rings. The highest BCUT2D eigenvalue weighted by Crippen LogP contribution is 2.43. The van der Waals surface area contributed by atoms with Crippen molar-refractivity contribution in [1.82, 2.24) is 5.32 Å². The summed E-state index contributed by atoms with van der Waals surface area (Å²) in [6.45, 7) is 4.79. The standard InChI is InChI=1S/C50H97N2O6P/c1-6-8-10-12-14-16-18-20-22-23-24-25-26-27-28-30-31-33-35-37-39-41-43-49(53)48(47-58-59(55,56)57-46-45-52(3,4)5)51-50(54)44-42-40-38-36-34-32-29-21-19-17-15-13-11-9-7-2/h21,29,33,35,41,43,48-49,53H,6-20,22-28,30-32,34,36-40,42,44-47H2,1-5H3,(H-,51,54,55,56)/p+1/b29-21-,35-33+,43-41+. The van der Waals surface area contributed by atoms with Gasteiger partial charge >= 0.3 is 7.82 Å². The Morgan fingerprint density at radius 1 is 0.559 bits per heavy atom. The quantitative estimate of drug-likeness (QED) is 0.0244. The number of nitrogens with zero attached hydrogens (tertiary/aromatic N) is 1. The van der Waals surface area contributed by atoms with Crippen molar-refractivity contribution in [3.8, 4) is 0 Å². The Bertz CT molecular complexity index is 1060. The average Bonchev–Trinajstić information content (AvgIpc) is 3.19. The SMILES string of the molecule is CCCCCCCC/C=C\CCCCCCCC(=O)NC(COP(=O)(O)OCC[N+](C)(C)C)C(O)/C=C/CC/C=C/CCCCCCCCCCCCCCCCCC. The third-order valence-corrected chi connectivity index (χ3v) is 12.1. The van der Waals surface area contributed by atoms with Crippen molar-refractivity contribution < 1.29 is 32.9 Å². The van der Waals surface area contributed by atoms with Gasteiger partial charge in [0.2, 0.25) is 5.91 Å². The number of aliphatic hydroxyl groups excluding tert-OH is 1. The van der Waals surface area contributed by atoms with Gasteiger partial charge in [-0.05, 0) is 57.8 Å². The molecule has 0 aliphatic carbocycles. The molecular weight excluding hydrogens is 756 g/mol. The topological polar surface area (TPSA) is 105 Å². The molecule has 0 heterocycles. The van der Waals surface area contributed by atoms with Gasteiger partial charge < -0.3 is 19.8 Å². The molecule has 59 heavy (non-hydrogen) atoms. The molecule has 0 rings (SSSR count). The van der Waals surface area contributed by atoms with Crippen molar-refractivity contribution in [1.29, 1.82) is 0 Å². The Morgan fingerprint density at radius 3 is 1.36 bits per heavy atom. The number of quaternary nitrogens is 1. The Kier molecular flexibility index (Phi) is 41.1. The van der Waals surface area contributed by atoms with Gasteiger partial charge in [0.15, 0.2) is 0 Å². The molecule has 0 saturated carbocycles. The summed E-state index contributed by atoms with van der Waals surface area (Å²) >= 11 is 0. The van der Waals surface area contributed by atoms with Gasteiger partial charge in [0, 0.05) is 6.42 Å². The predicted molar refractivity (Wildman–Crippen MR) is 254 cm³/mol. The maximum Gasteiger partial charge on any atom is 0.472 e. The molecule has 8 nitrogen and oxygen atoms in total. The lowest BCUT2D eigenvalue weighted by Gasteiger charge is -2.25. The largest absolute Gasteiger partial charge is 0.472 e. The van der Waals surface area contributed by atoms with Crippen LogP contribution < -0.4 is 5.32 Å². The number of amides is 1. The predicted octanol–water partition coefficient (Wildman–Crippen LogP) is 14.3. The Labute approximate surface area is 366 Å². The summed E-state index contributed by atoms with van der Waals surface area (Å²) in [5, 5.41) is 13.8. The highest BCUT2D eigenvalue weighted by molar-refractivity contribution is 7.47. The monoisotopic (exact) mass is 854 g/mol. The Morgan fingerprint density at radius 2 is 0.932 bits per heavy atom. The van der Waals surface area contributed by atoms with Crippen molar-refractivity contribution in [2.24, 2.45) is 0 Å². The van der Waals surface area contributed by atoms with Crippen LogP contribution in [0.2, 0.25) is 0 Å². The van der Waals surface area contributed by atoms with E-state index in [1.165, 1.54) is 154 Å². The van der Waals surface area contributed by atoms with Gasteiger partial charge in [-0.15, -0.1) is 0 Å². The number of hydrogen-bond donors (Lipinski definition) is 3. The van der Waals surface area contributed by atoms with Crippen molar-refractivity contribution in [3.63, 3.8) is 0 Å². The van der Waals surface area contributed by atoms with Crippen molar-refractivity contribution in [2.75, 3.05) is 40.9 Å². The summed E-state index contributed by atoms with van der Waals surface area (Å²) in [5.41, 5.74) is 0. The van der Waals surface area contributed by atoms with E-state index < -0.39 is 20.0 Å². The summed E-state index contributed by atoms with van der Waals surface area (Å²) in [6, 6.07) is -0.866. The normalized spacial score (nSPS) is 14.5. The van der Waals surface area contributed by atoms with E-state index in [2.05, 4.69) is 43.5 Å². The van der Waals surface area contributed by atoms with Gasteiger partial charge in [0.1, 0.15) is 13.2 Å². The number of rotatable bonds is 45. The summed E-state index contributed by atoms with van der Waals surface area (Å²) < 4.78 is 23.6. The molecule has 3 unspecified atom stereocenters. The smallest absolute Gasteiger partial charge is 0.387 e. The van der Waals surface area contributed by atoms with E-state index in [-0.39, 0.29) is 19.1 Å². The fraction of sp³-hybridized carbons (Fsp3) is 0.860. The molecule has 0 fully saturated rings. The van der Waals surface area contributed by atoms with Gasteiger partial charge in [0.05, 0.1) is 39.9 Å². The number of phosphoric acid groups is 1. The number of nitrogens with one attached hydrogen (secondary N) is 1. The van der Waals surface area contributed by atoms with Crippen LogP contribution in [-0.2, 0) is 18.4 Å². The Balaban J connectivity index is 4.38. The van der Waals surface area contributed by atoms with Crippen molar-refractivity contribution in [3.05, 3.63) is 36.5 Å². The van der Waals surface area contributed by atoms with Gasteiger partial charge in [-0.2, -0.15) is 0 Å². The zero-order valence-electron chi connectivity index (χ0n) is 39.5. The molecule has 1 amide bonds. The number of hydrogen-bond acceptors (Lipinski definition) is 5. The minimum Gasteiger partial charge on any atom is -0.387 e. The Hall–Kier alpha value is -1.28. The first-order valence-corrected chi connectivity index (χ1v) is 26.4. The van der Waals surface area contributed by atoms with Crippen LogP contribution in [0.3, 0.4) is 0 Å². The zero-order valence-corrected chi connectivity index (χ0v) is 40.4. The summed E-state index contributed by atoms with van der Waals surface area (Å²) in [6.07, 6.45) is 52.3. The zero-order chi connectivity index (χ0) is 43.6. The lowest BCUT2D eigenvalue weighted by molar-refractivity contribution is -0.870. The maximum atomic E-state index is 12.9. The molecule has 0 radical (unpaired) electrons. The number of aliphatic hydroxyl groups is 1. The lowest BCUT2D eigenvalue weighted by atomic mass is 10.0. The number of carbonyl (C=O) groups excluding carboxylic acids is 1. The van der Waals surface area contributed by atoms with E-state index in [0.717, 1.165) is 51.4 Å². The second-order valence-electron chi connectivity index (χ2n) is 18.2. The van der Waals surface area contributed by atoms with Crippen molar-refractivity contribution in [2.45, 2.75) is 238 Å². The molecule has 9 heteroatoms. The third-order valence-electron chi connectivity index (χ3n) is 11.1. The molecule has 3 N–H and O–H groups in total. The van der Waals surface area contributed by atoms with E-state index in [9.17, 15) is 19.4 Å². The minimum atomic E-state index is -4.35. The maximum absolute atomic E-state index is 12.9. The first-order valence-electron chi connectivity index (χ1n) is 24.9. The van der Waals surface area contributed by atoms with E-state index in [0.29, 0.717) is 17.4 Å². The minimum absolute atomic E-state index is 0.0548. The van der Waals surface area contributed by atoms with E-state index in [4.69, 9.17) is 9.05 Å². The molecule has 0 aliphatic rings. The molecule has 0 saturated heterocycles. The molecule has 348 valence electrons. The van der Waals surface area contributed by atoms with Gasteiger partial charge in [-0.1, -0.05) is 198 Å². The third kappa shape index (κ3) is 44.6. The van der Waals surface area contributed by atoms with Gasteiger partial charge in [-0.3, -0.25) is 13.8 Å². The fourth-order valence-corrected chi connectivity index (χ4v) is 7.85. The van der Waals surface area contributed by atoms with E-state index in [1.807, 2.05) is 27.2 Å². The highest BCUT2D eigenvalue weighted by atomic mass is 31.2. The van der Waals surface area contributed by atoms with Crippen LogP contribution in [0.25, 0.3) is 0 Å². The molecular formula is C50H98N2O6P+. The highest BCUT2D eigenvalue weighted by Gasteiger charge is 2.27. The van der Waals surface area contributed by atoms with Crippen molar-refractivity contribution >= 4 is 13.7 Å². The molecule has 0 aromatic heterocycles. The summed E-state index contributed by atoms with van der Waals surface area (Å²) in [5.74, 6) is -0.195. The molecule has 3 atom stereocenters. The molecule has 0 aliphatic heterocycles.